The molecular weight excluding hydrogens is 444 g/mol. The third-order valence-corrected chi connectivity index (χ3v) is 7.14. The van der Waals surface area contributed by atoms with Crippen molar-refractivity contribution < 1.29 is 9.53 Å². The molecule has 7 heteroatoms. The van der Waals surface area contributed by atoms with Crippen molar-refractivity contribution in [2.75, 3.05) is 24.4 Å². The molecule has 2 aromatic carbocycles. The fraction of sp³-hybridized carbons (Fsp3) is 0.296. The van der Waals surface area contributed by atoms with Gasteiger partial charge in [0.15, 0.2) is 0 Å². The van der Waals surface area contributed by atoms with E-state index in [1.165, 1.54) is 16.9 Å². The number of anilines is 3. The van der Waals surface area contributed by atoms with Crippen LogP contribution in [-0.4, -0.2) is 30.0 Å². The Balaban J connectivity index is 1.75. The number of rotatable bonds is 6. The van der Waals surface area contributed by atoms with E-state index in [4.69, 9.17) is 9.72 Å². The number of carbonyl (C=O) groups is 1. The number of methoxy groups -OCH3 is 1. The number of carbonyl (C=O) groups excluding carboxylic acids is 1. The zero-order valence-corrected chi connectivity index (χ0v) is 21.5. The normalized spacial score (nSPS) is 11.2. The van der Waals surface area contributed by atoms with E-state index < -0.39 is 0 Å². The maximum absolute atomic E-state index is 13.3. The summed E-state index contributed by atoms with van der Waals surface area (Å²) in [5, 5.41) is 3.91. The molecular formula is C27H30N4O2S. The van der Waals surface area contributed by atoms with Gasteiger partial charge in [0.2, 0.25) is 0 Å². The lowest BCUT2D eigenvalue weighted by molar-refractivity contribution is 0.102. The van der Waals surface area contributed by atoms with Crippen LogP contribution >= 0.6 is 11.3 Å². The molecule has 0 spiro atoms. The van der Waals surface area contributed by atoms with Gasteiger partial charge >= 0.3 is 0 Å². The fourth-order valence-corrected chi connectivity index (χ4v) is 5.10. The zero-order chi connectivity index (χ0) is 24.6. The summed E-state index contributed by atoms with van der Waals surface area (Å²) in [7, 11) is 3.60. The van der Waals surface area contributed by atoms with Crippen molar-refractivity contribution in [3.05, 3.63) is 69.9 Å². The van der Waals surface area contributed by atoms with Gasteiger partial charge in [-0.2, -0.15) is 0 Å². The number of nitrogens with zero attached hydrogens (tertiary/aromatic N) is 3. The van der Waals surface area contributed by atoms with Crippen LogP contribution in [0.1, 0.15) is 52.0 Å². The Morgan fingerprint density at radius 1 is 1.06 bits per heavy atom. The van der Waals surface area contributed by atoms with E-state index in [9.17, 15) is 4.79 Å². The number of benzene rings is 2. The standard InChI is InChI=1S/C27H30N4O2S/c1-15(2)19-9-11-20(12-10-19)31(6)25-23-17(4)24(34-27(23)29-18(5)28-25)26(32)30-21-14-16(3)8-13-22(21)33-7/h8-15H,1-7H3,(H,30,32). The molecule has 0 radical (unpaired) electrons. The lowest BCUT2D eigenvalue weighted by atomic mass is 10.0. The average molecular weight is 475 g/mol. The molecule has 6 nitrogen and oxygen atoms in total. The summed E-state index contributed by atoms with van der Waals surface area (Å²) in [4.78, 5) is 26.2. The lowest BCUT2D eigenvalue weighted by Gasteiger charge is -2.20. The minimum absolute atomic E-state index is 0.183. The predicted molar refractivity (Wildman–Crippen MR) is 141 cm³/mol. The Kier molecular flexibility index (Phi) is 6.57. The number of amides is 1. The van der Waals surface area contributed by atoms with Crippen LogP contribution in [0.3, 0.4) is 0 Å². The molecule has 0 fully saturated rings. The number of nitrogens with one attached hydrogen (secondary N) is 1. The first-order valence-corrected chi connectivity index (χ1v) is 12.1. The average Bonchev–Trinajstić information content (AvgIpc) is 3.14. The molecule has 4 rings (SSSR count). The molecule has 34 heavy (non-hydrogen) atoms. The molecule has 0 atom stereocenters. The van der Waals surface area contributed by atoms with Gasteiger partial charge in [-0.1, -0.05) is 32.0 Å². The topological polar surface area (TPSA) is 67.3 Å². The van der Waals surface area contributed by atoms with E-state index in [1.54, 1.807) is 7.11 Å². The van der Waals surface area contributed by atoms with Crippen molar-refractivity contribution in [3.63, 3.8) is 0 Å². The number of hydrogen-bond acceptors (Lipinski definition) is 6. The number of aryl methyl sites for hydroxylation is 3. The fourth-order valence-electron chi connectivity index (χ4n) is 3.98. The van der Waals surface area contributed by atoms with E-state index in [0.717, 1.165) is 32.8 Å². The molecule has 0 bridgehead atoms. The van der Waals surface area contributed by atoms with Crippen molar-refractivity contribution in [2.45, 2.75) is 40.5 Å². The SMILES string of the molecule is COc1ccc(C)cc1NC(=O)c1sc2nc(C)nc(N(C)c3ccc(C(C)C)cc3)c2c1C. The Morgan fingerprint density at radius 2 is 1.76 bits per heavy atom. The minimum atomic E-state index is -0.183. The van der Waals surface area contributed by atoms with Gasteiger partial charge in [0, 0.05) is 12.7 Å². The molecule has 1 N–H and O–H groups in total. The highest BCUT2D eigenvalue weighted by atomic mass is 32.1. The molecule has 0 aliphatic carbocycles. The van der Waals surface area contributed by atoms with Crippen LogP contribution in [0.5, 0.6) is 5.75 Å². The van der Waals surface area contributed by atoms with Crippen molar-refractivity contribution >= 4 is 44.7 Å². The van der Waals surface area contributed by atoms with Crippen LogP contribution in [0.15, 0.2) is 42.5 Å². The van der Waals surface area contributed by atoms with Crippen molar-refractivity contribution in [2.24, 2.45) is 0 Å². The van der Waals surface area contributed by atoms with Gasteiger partial charge in [0.25, 0.3) is 5.91 Å². The second kappa shape index (κ2) is 9.43. The number of hydrogen-bond donors (Lipinski definition) is 1. The number of ether oxygens (including phenoxy) is 1. The smallest absolute Gasteiger partial charge is 0.266 e. The summed E-state index contributed by atoms with van der Waals surface area (Å²) in [5.74, 6) is 2.37. The van der Waals surface area contributed by atoms with E-state index >= 15 is 0 Å². The van der Waals surface area contributed by atoms with Crippen molar-refractivity contribution in [3.8, 4) is 5.75 Å². The summed E-state index contributed by atoms with van der Waals surface area (Å²) >= 11 is 1.39. The second-order valence-corrected chi connectivity index (χ2v) is 9.79. The Hall–Kier alpha value is -3.45. The quantitative estimate of drug-likeness (QED) is 0.334. The van der Waals surface area contributed by atoms with Gasteiger partial charge < -0.3 is 15.0 Å². The lowest BCUT2D eigenvalue weighted by Crippen LogP contribution is -2.14. The number of fused-ring (bicyclic) bond motifs is 1. The Labute approximate surface area is 204 Å². The van der Waals surface area contributed by atoms with Gasteiger partial charge in [-0.15, -0.1) is 11.3 Å². The van der Waals surface area contributed by atoms with Crippen LogP contribution in [0.25, 0.3) is 10.2 Å². The van der Waals surface area contributed by atoms with Gasteiger partial charge in [0.05, 0.1) is 23.1 Å². The van der Waals surface area contributed by atoms with Crippen molar-refractivity contribution in [1.29, 1.82) is 0 Å². The highest BCUT2D eigenvalue weighted by molar-refractivity contribution is 7.20. The highest BCUT2D eigenvalue weighted by Gasteiger charge is 2.23. The van der Waals surface area contributed by atoms with Crippen LogP contribution in [0, 0.1) is 20.8 Å². The van der Waals surface area contributed by atoms with E-state index in [-0.39, 0.29) is 5.91 Å². The molecule has 2 aromatic heterocycles. The molecule has 0 aliphatic rings. The van der Waals surface area contributed by atoms with Gasteiger partial charge in [-0.3, -0.25) is 4.79 Å². The summed E-state index contributed by atoms with van der Waals surface area (Å²) in [5.41, 5.74) is 4.88. The van der Waals surface area contributed by atoms with Crippen molar-refractivity contribution in [1.82, 2.24) is 9.97 Å². The molecule has 1 amide bonds. The summed E-state index contributed by atoms with van der Waals surface area (Å²) in [6.07, 6.45) is 0. The van der Waals surface area contributed by atoms with Crippen LogP contribution in [0.2, 0.25) is 0 Å². The zero-order valence-electron chi connectivity index (χ0n) is 20.7. The monoisotopic (exact) mass is 474 g/mol. The molecule has 2 heterocycles. The number of thiophene rings is 1. The van der Waals surface area contributed by atoms with Crippen LogP contribution < -0.4 is 15.0 Å². The third-order valence-electron chi connectivity index (χ3n) is 5.96. The summed E-state index contributed by atoms with van der Waals surface area (Å²) in [6, 6.07) is 14.2. The summed E-state index contributed by atoms with van der Waals surface area (Å²) in [6.45, 7) is 10.2. The molecule has 0 unspecified atom stereocenters. The molecule has 0 saturated carbocycles. The first-order chi connectivity index (χ1) is 16.2. The largest absolute Gasteiger partial charge is 0.495 e. The highest BCUT2D eigenvalue weighted by Crippen LogP contribution is 2.38. The minimum Gasteiger partial charge on any atom is -0.495 e. The van der Waals surface area contributed by atoms with E-state index in [1.807, 2.05) is 46.0 Å². The molecule has 0 saturated heterocycles. The van der Waals surface area contributed by atoms with E-state index in [0.29, 0.717) is 28.1 Å². The Morgan fingerprint density at radius 3 is 2.41 bits per heavy atom. The van der Waals surface area contributed by atoms with Gasteiger partial charge in [0.1, 0.15) is 22.2 Å². The third kappa shape index (κ3) is 4.48. The maximum Gasteiger partial charge on any atom is 0.266 e. The molecule has 4 aromatic rings. The summed E-state index contributed by atoms with van der Waals surface area (Å²) < 4.78 is 5.42. The van der Waals surface area contributed by atoms with Gasteiger partial charge in [-0.05, 0) is 67.6 Å². The molecule has 176 valence electrons. The first-order valence-electron chi connectivity index (χ1n) is 11.3. The second-order valence-electron chi connectivity index (χ2n) is 8.79. The number of aromatic nitrogens is 2. The van der Waals surface area contributed by atoms with Gasteiger partial charge in [-0.25, -0.2) is 9.97 Å². The molecule has 0 aliphatic heterocycles. The maximum atomic E-state index is 13.3. The Bertz CT molecular complexity index is 1360. The first kappa shape index (κ1) is 23.7. The van der Waals surface area contributed by atoms with E-state index in [2.05, 4.69) is 53.3 Å². The van der Waals surface area contributed by atoms with Crippen LogP contribution in [0.4, 0.5) is 17.2 Å². The van der Waals surface area contributed by atoms with Crippen LogP contribution in [-0.2, 0) is 0 Å². The predicted octanol–water partition coefficient (Wildman–Crippen LogP) is 6.77.